The minimum absolute atomic E-state index is 0.217. The molecule has 0 aromatic carbocycles. The summed E-state index contributed by atoms with van der Waals surface area (Å²) >= 11 is 0. The molecule has 2 rings (SSSR count). The predicted octanol–water partition coefficient (Wildman–Crippen LogP) is 1.21. The van der Waals surface area contributed by atoms with E-state index in [-0.39, 0.29) is 5.69 Å². The lowest BCUT2D eigenvalue weighted by atomic mass is 10.2. The maximum atomic E-state index is 11.9. The molecular weight excluding hydrogens is 244 g/mol. The molecule has 2 aromatic heterocycles. The van der Waals surface area contributed by atoms with Crippen LogP contribution in [0.25, 0.3) is 0 Å². The van der Waals surface area contributed by atoms with Crippen molar-refractivity contribution in [1.29, 1.82) is 5.26 Å². The van der Waals surface area contributed by atoms with E-state index in [4.69, 9.17) is 5.26 Å². The second-order valence-corrected chi connectivity index (χ2v) is 3.85. The van der Waals surface area contributed by atoms with Gasteiger partial charge in [0.1, 0.15) is 6.07 Å². The number of nitrogens with zero attached hydrogens (tertiary/aromatic N) is 5. The van der Waals surface area contributed by atoms with E-state index in [9.17, 15) is 4.79 Å². The summed E-state index contributed by atoms with van der Waals surface area (Å²) in [5.74, 6) is -0.398. The molecule has 0 fully saturated rings. The summed E-state index contributed by atoms with van der Waals surface area (Å²) in [6, 6.07) is 3.52. The van der Waals surface area contributed by atoms with Crippen LogP contribution in [-0.2, 0) is 6.54 Å². The zero-order valence-electron chi connectivity index (χ0n) is 10.4. The van der Waals surface area contributed by atoms with E-state index in [0.717, 1.165) is 6.42 Å². The first-order valence-corrected chi connectivity index (χ1v) is 5.80. The van der Waals surface area contributed by atoms with E-state index >= 15 is 0 Å². The van der Waals surface area contributed by atoms with Gasteiger partial charge in [0, 0.05) is 18.9 Å². The fourth-order valence-electron chi connectivity index (χ4n) is 1.52. The van der Waals surface area contributed by atoms with E-state index in [1.807, 2.05) is 13.0 Å². The standard InChI is InChI=1S/C12H12N6O/c1-2-5-18-8-11(16-17-18)12(19)15-10-3-4-14-7-9(10)6-13/h3-4,7-8H,2,5H2,1H3,(H,14,15,19). The maximum absolute atomic E-state index is 11.9. The SMILES string of the molecule is CCCn1cc(C(=O)Nc2ccncc2C#N)nn1. The molecule has 0 saturated heterocycles. The molecule has 0 aliphatic rings. The third-order valence-corrected chi connectivity index (χ3v) is 2.41. The van der Waals surface area contributed by atoms with E-state index < -0.39 is 5.91 Å². The van der Waals surface area contributed by atoms with Crippen LogP contribution in [0.4, 0.5) is 5.69 Å². The third-order valence-electron chi connectivity index (χ3n) is 2.41. The molecule has 0 saturated carbocycles. The Morgan fingerprint density at radius 3 is 3.16 bits per heavy atom. The van der Waals surface area contributed by atoms with Crippen LogP contribution in [0.5, 0.6) is 0 Å². The van der Waals surface area contributed by atoms with Crippen molar-refractivity contribution in [2.45, 2.75) is 19.9 Å². The van der Waals surface area contributed by atoms with Crippen LogP contribution in [0.3, 0.4) is 0 Å². The van der Waals surface area contributed by atoms with E-state index in [1.54, 1.807) is 16.9 Å². The topological polar surface area (TPSA) is 96.5 Å². The van der Waals surface area contributed by atoms with Crippen LogP contribution < -0.4 is 5.32 Å². The number of hydrogen-bond donors (Lipinski definition) is 1. The minimum Gasteiger partial charge on any atom is -0.319 e. The van der Waals surface area contributed by atoms with Crippen molar-refractivity contribution in [3.63, 3.8) is 0 Å². The van der Waals surface area contributed by atoms with Gasteiger partial charge in [-0.2, -0.15) is 5.26 Å². The second kappa shape index (κ2) is 5.73. The van der Waals surface area contributed by atoms with Gasteiger partial charge in [-0.1, -0.05) is 12.1 Å². The van der Waals surface area contributed by atoms with E-state index in [1.165, 1.54) is 12.4 Å². The van der Waals surface area contributed by atoms with Crippen molar-refractivity contribution >= 4 is 11.6 Å². The Kier molecular flexibility index (Phi) is 3.83. The zero-order valence-corrected chi connectivity index (χ0v) is 10.4. The largest absolute Gasteiger partial charge is 0.319 e. The molecule has 7 heteroatoms. The molecule has 0 spiro atoms. The van der Waals surface area contributed by atoms with Gasteiger partial charge in [-0.3, -0.25) is 14.5 Å². The number of aromatic nitrogens is 4. The van der Waals surface area contributed by atoms with Crippen LogP contribution in [-0.4, -0.2) is 25.9 Å². The van der Waals surface area contributed by atoms with Crippen molar-refractivity contribution < 1.29 is 4.79 Å². The molecule has 1 N–H and O–H groups in total. The summed E-state index contributed by atoms with van der Waals surface area (Å²) in [5, 5.41) is 19.1. The van der Waals surface area contributed by atoms with Crippen LogP contribution in [0.1, 0.15) is 29.4 Å². The number of amides is 1. The Balaban J connectivity index is 2.14. The van der Waals surface area contributed by atoms with Gasteiger partial charge in [0.05, 0.1) is 17.4 Å². The van der Waals surface area contributed by atoms with Gasteiger partial charge >= 0.3 is 0 Å². The molecule has 96 valence electrons. The molecule has 2 heterocycles. The Bertz CT molecular complexity index is 627. The number of hydrogen-bond acceptors (Lipinski definition) is 5. The average Bonchev–Trinajstić information content (AvgIpc) is 2.88. The lowest BCUT2D eigenvalue weighted by Crippen LogP contribution is -2.13. The quantitative estimate of drug-likeness (QED) is 0.886. The molecule has 2 aromatic rings. The second-order valence-electron chi connectivity index (χ2n) is 3.85. The Morgan fingerprint density at radius 1 is 1.58 bits per heavy atom. The normalized spacial score (nSPS) is 9.89. The van der Waals surface area contributed by atoms with Crippen LogP contribution in [0.2, 0.25) is 0 Å². The number of nitriles is 1. The first-order valence-electron chi connectivity index (χ1n) is 5.80. The molecule has 1 amide bonds. The smallest absolute Gasteiger partial charge is 0.277 e. The number of nitrogens with one attached hydrogen (secondary N) is 1. The van der Waals surface area contributed by atoms with Gasteiger partial charge in [-0.15, -0.1) is 5.10 Å². The van der Waals surface area contributed by atoms with Gasteiger partial charge in [-0.05, 0) is 12.5 Å². The van der Waals surface area contributed by atoms with Crippen molar-refractivity contribution in [2.75, 3.05) is 5.32 Å². The van der Waals surface area contributed by atoms with Gasteiger partial charge in [0.2, 0.25) is 0 Å². The Hall–Kier alpha value is -2.75. The highest BCUT2D eigenvalue weighted by atomic mass is 16.2. The monoisotopic (exact) mass is 256 g/mol. The van der Waals surface area contributed by atoms with Gasteiger partial charge in [0.25, 0.3) is 5.91 Å². The summed E-state index contributed by atoms with van der Waals surface area (Å²) in [4.78, 5) is 15.8. The highest BCUT2D eigenvalue weighted by Crippen LogP contribution is 2.12. The van der Waals surface area contributed by atoms with Crippen molar-refractivity contribution in [3.05, 3.63) is 35.9 Å². The molecule has 0 atom stereocenters. The lowest BCUT2D eigenvalue weighted by Gasteiger charge is -2.03. The number of aryl methyl sites for hydroxylation is 1. The highest BCUT2D eigenvalue weighted by Gasteiger charge is 2.12. The van der Waals surface area contributed by atoms with E-state index in [0.29, 0.717) is 17.8 Å². The van der Waals surface area contributed by atoms with Crippen molar-refractivity contribution in [3.8, 4) is 6.07 Å². The molecule has 7 nitrogen and oxygen atoms in total. The molecule has 0 aliphatic carbocycles. The number of anilines is 1. The summed E-state index contributed by atoms with van der Waals surface area (Å²) in [6.07, 6.45) is 5.38. The number of rotatable bonds is 4. The summed E-state index contributed by atoms with van der Waals surface area (Å²) < 4.78 is 1.60. The van der Waals surface area contributed by atoms with Crippen LogP contribution >= 0.6 is 0 Å². The van der Waals surface area contributed by atoms with Gasteiger partial charge < -0.3 is 5.32 Å². The third kappa shape index (κ3) is 2.93. The average molecular weight is 256 g/mol. The summed E-state index contributed by atoms with van der Waals surface area (Å²) in [6.45, 7) is 2.72. The van der Waals surface area contributed by atoms with Gasteiger partial charge in [0.15, 0.2) is 5.69 Å². The lowest BCUT2D eigenvalue weighted by molar-refractivity contribution is 0.102. The summed E-state index contributed by atoms with van der Waals surface area (Å²) in [7, 11) is 0. The number of carbonyl (C=O) groups is 1. The van der Waals surface area contributed by atoms with Crippen LogP contribution in [0.15, 0.2) is 24.7 Å². The predicted molar refractivity (Wildman–Crippen MR) is 67.2 cm³/mol. The molecule has 0 aliphatic heterocycles. The fourth-order valence-corrected chi connectivity index (χ4v) is 1.52. The van der Waals surface area contributed by atoms with Crippen LogP contribution in [0, 0.1) is 11.3 Å². The summed E-state index contributed by atoms with van der Waals surface area (Å²) in [5.41, 5.74) is 0.929. The number of pyridine rings is 1. The van der Waals surface area contributed by atoms with Gasteiger partial charge in [-0.25, -0.2) is 0 Å². The Morgan fingerprint density at radius 2 is 2.42 bits per heavy atom. The highest BCUT2D eigenvalue weighted by molar-refractivity contribution is 6.03. The Labute approximate surface area is 109 Å². The molecule has 0 radical (unpaired) electrons. The molecule has 0 unspecified atom stereocenters. The molecule has 0 bridgehead atoms. The molecular formula is C12H12N6O. The van der Waals surface area contributed by atoms with E-state index in [2.05, 4.69) is 20.6 Å². The maximum Gasteiger partial charge on any atom is 0.277 e. The zero-order chi connectivity index (χ0) is 13.7. The fraction of sp³-hybridized carbons (Fsp3) is 0.250. The van der Waals surface area contributed by atoms with Crippen molar-refractivity contribution in [2.24, 2.45) is 0 Å². The van der Waals surface area contributed by atoms with Crippen molar-refractivity contribution in [1.82, 2.24) is 20.0 Å². The minimum atomic E-state index is -0.398. The first-order chi connectivity index (χ1) is 9.24. The molecule has 19 heavy (non-hydrogen) atoms. The first kappa shape index (κ1) is 12.7. The number of carbonyl (C=O) groups excluding carboxylic acids is 1.